The van der Waals surface area contributed by atoms with Crippen LogP contribution in [-0.4, -0.2) is 32.3 Å². The Morgan fingerprint density at radius 3 is 2.80 bits per heavy atom. The molecular weight excluding hydrogens is 270 g/mol. The molecule has 2 unspecified atom stereocenters. The van der Waals surface area contributed by atoms with E-state index in [1.54, 1.807) is 0 Å². The van der Waals surface area contributed by atoms with Gasteiger partial charge in [-0.3, -0.25) is 9.47 Å². The predicted molar refractivity (Wildman–Crippen MR) is 81.8 cm³/mol. The van der Waals surface area contributed by atoms with Crippen LogP contribution in [0.1, 0.15) is 24.9 Å². The van der Waals surface area contributed by atoms with Gasteiger partial charge in [-0.2, -0.15) is 0 Å². The van der Waals surface area contributed by atoms with Crippen molar-refractivity contribution in [2.45, 2.75) is 32.0 Å². The van der Waals surface area contributed by atoms with Crippen molar-refractivity contribution in [3.63, 3.8) is 0 Å². The number of H-pyrrole nitrogens is 1. The van der Waals surface area contributed by atoms with Crippen molar-refractivity contribution in [1.82, 2.24) is 19.7 Å². The first-order valence-corrected chi connectivity index (χ1v) is 7.28. The van der Waals surface area contributed by atoms with E-state index in [9.17, 15) is 0 Å². The van der Waals surface area contributed by atoms with Crippen LogP contribution in [0.5, 0.6) is 0 Å². The Balaban J connectivity index is 1.78. The molecular formula is C14H19N5S. The second-order valence-electron chi connectivity index (χ2n) is 5.31. The molecule has 6 heteroatoms. The topological polar surface area (TPSA) is 62.9 Å². The van der Waals surface area contributed by atoms with E-state index in [1.807, 2.05) is 10.6 Å². The summed E-state index contributed by atoms with van der Waals surface area (Å²) in [5.74, 6) is 0.480. The maximum absolute atomic E-state index is 5.92. The zero-order chi connectivity index (χ0) is 14.1. The Morgan fingerprint density at radius 2 is 2.15 bits per heavy atom. The summed E-state index contributed by atoms with van der Waals surface area (Å²) in [5, 5.41) is 6.78. The maximum Gasteiger partial charge on any atom is 0.220 e. The molecule has 1 fully saturated rings. The highest BCUT2D eigenvalue weighted by Gasteiger charge is 2.33. The molecule has 2 aromatic rings. The molecule has 1 aromatic carbocycles. The summed E-state index contributed by atoms with van der Waals surface area (Å²) < 4.78 is 2.56. The minimum Gasteiger partial charge on any atom is -0.368 e. The number of nitrogen functional groups attached to an aromatic ring is 1. The van der Waals surface area contributed by atoms with Crippen LogP contribution in [0, 0.1) is 4.77 Å². The summed E-state index contributed by atoms with van der Waals surface area (Å²) in [6, 6.07) is 11.2. The second-order valence-corrected chi connectivity index (χ2v) is 5.70. The lowest BCUT2D eigenvalue weighted by molar-refractivity contribution is 0.234. The molecule has 106 valence electrons. The fourth-order valence-corrected chi connectivity index (χ4v) is 3.28. The molecule has 2 heterocycles. The van der Waals surface area contributed by atoms with Gasteiger partial charge in [0.05, 0.1) is 6.04 Å². The molecule has 2 atom stereocenters. The summed E-state index contributed by atoms with van der Waals surface area (Å²) in [4.78, 5) is 2.47. The number of nitrogens with zero attached hydrogens (tertiary/aromatic N) is 3. The molecule has 1 aliphatic heterocycles. The number of anilines is 1. The highest BCUT2D eigenvalue weighted by molar-refractivity contribution is 7.71. The predicted octanol–water partition coefficient (Wildman–Crippen LogP) is 2.36. The zero-order valence-electron chi connectivity index (χ0n) is 11.5. The minimum absolute atomic E-state index is 0.296. The normalized spacial score (nSPS) is 23.2. The number of hydrogen-bond acceptors (Lipinski definition) is 4. The summed E-state index contributed by atoms with van der Waals surface area (Å²) in [6.07, 6.45) is 1.05. The minimum atomic E-state index is 0.296. The van der Waals surface area contributed by atoms with Gasteiger partial charge in [-0.05, 0) is 31.1 Å². The van der Waals surface area contributed by atoms with Crippen LogP contribution in [0.3, 0.4) is 0 Å². The Labute approximate surface area is 123 Å². The van der Waals surface area contributed by atoms with Crippen molar-refractivity contribution >= 4 is 18.2 Å². The van der Waals surface area contributed by atoms with Crippen molar-refractivity contribution in [2.75, 3.05) is 12.3 Å². The summed E-state index contributed by atoms with van der Waals surface area (Å²) in [6.45, 7) is 4.24. The molecule has 1 saturated heterocycles. The van der Waals surface area contributed by atoms with Crippen LogP contribution in [0.2, 0.25) is 0 Å². The van der Waals surface area contributed by atoms with Gasteiger partial charge >= 0.3 is 0 Å². The number of rotatable bonds is 3. The standard InChI is InChI=1S/C14H19N5S/c1-10-12(19-13(15)16-17-14(19)20)7-8-18(10)9-11-5-3-2-4-6-11/h2-6,10,12H,7-9H2,1H3,(H2,15,16)(H,17,20). The Bertz CT molecular complexity index is 633. The summed E-state index contributed by atoms with van der Waals surface area (Å²) in [7, 11) is 0. The first kappa shape index (κ1) is 13.3. The maximum atomic E-state index is 5.92. The van der Waals surface area contributed by atoms with Crippen LogP contribution in [0.25, 0.3) is 0 Å². The second kappa shape index (κ2) is 5.38. The van der Waals surface area contributed by atoms with Crippen molar-refractivity contribution < 1.29 is 0 Å². The van der Waals surface area contributed by atoms with Crippen LogP contribution >= 0.6 is 12.2 Å². The van der Waals surface area contributed by atoms with Crippen LogP contribution in [0.15, 0.2) is 30.3 Å². The molecule has 20 heavy (non-hydrogen) atoms. The largest absolute Gasteiger partial charge is 0.368 e. The van der Waals surface area contributed by atoms with E-state index in [1.165, 1.54) is 5.56 Å². The smallest absolute Gasteiger partial charge is 0.220 e. The Morgan fingerprint density at radius 1 is 1.40 bits per heavy atom. The fourth-order valence-electron chi connectivity index (χ4n) is 3.01. The third-order valence-electron chi connectivity index (χ3n) is 4.14. The monoisotopic (exact) mass is 289 g/mol. The summed E-state index contributed by atoms with van der Waals surface area (Å²) >= 11 is 5.28. The highest BCUT2D eigenvalue weighted by Crippen LogP contribution is 2.31. The molecule has 5 nitrogen and oxygen atoms in total. The van der Waals surface area contributed by atoms with Gasteiger partial charge in [-0.15, -0.1) is 5.10 Å². The highest BCUT2D eigenvalue weighted by atomic mass is 32.1. The number of aromatic nitrogens is 3. The summed E-state index contributed by atoms with van der Waals surface area (Å²) in [5.41, 5.74) is 7.25. The van der Waals surface area contributed by atoms with Gasteiger partial charge in [-0.1, -0.05) is 30.3 Å². The van der Waals surface area contributed by atoms with E-state index >= 15 is 0 Å². The third-order valence-corrected chi connectivity index (χ3v) is 4.42. The van der Waals surface area contributed by atoms with Gasteiger partial charge in [0, 0.05) is 19.1 Å². The van der Waals surface area contributed by atoms with E-state index in [2.05, 4.69) is 46.3 Å². The van der Waals surface area contributed by atoms with Crippen molar-refractivity contribution in [2.24, 2.45) is 0 Å². The first-order chi connectivity index (χ1) is 9.66. The van der Waals surface area contributed by atoms with Crippen LogP contribution in [-0.2, 0) is 6.54 Å². The van der Waals surface area contributed by atoms with Gasteiger partial charge < -0.3 is 5.73 Å². The molecule has 0 aliphatic carbocycles. The van der Waals surface area contributed by atoms with Gasteiger partial charge in [0.15, 0.2) is 4.77 Å². The average molecular weight is 289 g/mol. The van der Waals surface area contributed by atoms with E-state index in [0.717, 1.165) is 19.5 Å². The molecule has 1 aromatic heterocycles. The van der Waals surface area contributed by atoms with Crippen LogP contribution in [0.4, 0.5) is 5.95 Å². The molecule has 0 radical (unpaired) electrons. The van der Waals surface area contributed by atoms with E-state index in [0.29, 0.717) is 22.8 Å². The van der Waals surface area contributed by atoms with E-state index < -0.39 is 0 Å². The number of nitrogens with two attached hydrogens (primary N) is 1. The Kier molecular flexibility index (Phi) is 3.58. The number of benzene rings is 1. The quantitative estimate of drug-likeness (QED) is 0.852. The molecule has 1 aliphatic rings. The average Bonchev–Trinajstić information content (AvgIpc) is 2.96. The molecule has 3 N–H and O–H groups in total. The lowest BCUT2D eigenvalue weighted by atomic mass is 10.1. The molecule has 0 amide bonds. The number of likely N-dealkylation sites (tertiary alicyclic amines) is 1. The lowest BCUT2D eigenvalue weighted by Crippen LogP contribution is -2.31. The van der Waals surface area contributed by atoms with Gasteiger partial charge in [0.2, 0.25) is 5.95 Å². The zero-order valence-corrected chi connectivity index (χ0v) is 12.3. The first-order valence-electron chi connectivity index (χ1n) is 6.87. The molecule has 0 bridgehead atoms. The van der Waals surface area contributed by atoms with Crippen molar-refractivity contribution in [3.05, 3.63) is 40.7 Å². The van der Waals surface area contributed by atoms with Gasteiger partial charge in [-0.25, -0.2) is 5.10 Å². The van der Waals surface area contributed by atoms with Crippen LogP contribution < -0.4 is 5.73 Å². The van der Waals surface area contributed by atoms with Crippen molar-refractivity contribution in [1.29, 1.82) is 0 Å². The fraction of sp³-hybridized carbons (Fsp3) is 0.429. The number of hydrogen-bond donors (Lipinski definition) is 2. The van der Waals surface area contributed by atoms with Gasteiger partial charge in [0.25, 0.3) is 0 Å². The van der Waals surface area contributed by atoms with Gasteiger partial charge in [0.1, 0.15) is 0 Å². The Hall–Kier alpha value is -1.66. The molecule has 0 spiro atoms. The SMILES string of the molecule is CC1C(n2c(N)n[nH]c2=S)CCN1Cc1ccccc1. The third kappa shape index (κ3) is 2.36. The molecule has 0 saturated carbocycles. The molecule has 3 rings (SSSR count). The number of aromatic amines is 1. The van der Waals surface area contributed by atoms with E-state index in [-0.39, 0.29) is 0 Å². The lowest BCUT2D eigenvalue weighted by Gasteiger charge is -2.25. The number of nitrogens with one attached hydrogen (secondary N) is 1. The van der Waals surface area contributed by atoms with Crippen molar-refractivity contribution in [3.8, 4) is 0 Å². The van der Waals surface area contributed by atoms with E-state index in [4.69, 9.17) is 18.0 Å².